The summed E-state index contributed by atoms with van der Waals surface area (Å²) in [6.45, 7) is 17.9. The standard InChI is InChI=1S/C44H65BrN2O9S/c1-26(2)27(3)40(5)20-21-42(7)31-16-17-35-41(6)24-54-25-44(35,32(31)18-19-43(42,8)36(40)38(49)50)23-34(55-28(4)48)37(41)56-39(51)33(46)11-9-10-22-47-57(52,53)30-14-12-29(45)13-15-30/h12-15,18,26-27,31,33-37,47H,9-11,16-17,19-25,46H2,1-8H3,(H,49,50)/t27-,31+,33?,34-,35+,36-,37+,40-,41-,42-,43+,44-/m1/s1. The molecule has 1 saturated heterocycles. The van der Waals surface area contributed by atoms with Gasteiger partial charge in [0.25, 0.3) is 0 Å². The van der Waals surface area contributed by atoms with E-state index in [-0.39, 0.29) is 40.0 Å². The van der Waals surface area contributed by atoms with Crippen LogP contribution in [0.4, 0.5) is 0 Å². The highest BCUT2D eigenvalue weighted by atomic mass is 79.9. The Bertz CT molecular complexity index is 1850. The highest BCUT2D eigenvalue weighted by Crippen LogP contribution is 2.75. The first-order valence-electron chi connectivity index (χ1n) is 21.0. The molecule has 4 fully saturated rings. The van der Waals surface area contributed by atoms with Gasteiger partial charge < -0.3 is 25.1 Å². The Balaban J connectivity index is 1.21. The van der Waals surface area contributed by atoms with Crippen molar-refractivity contribution in [2.45, 2.75) is 136 Å². The molecule has 1 unspecified atom stereocenters. The number of nitrogens with two attached hydrogens (primary N) is 1. The second-order valence-corrected chi connectivity index (χ2v) is 22.2. The molecule has 13 heteroatoms. The van der Waals surface area contributed by atoms with Gasteiger partial charge in [-0.15, -0.1) is 0 Å². The molecular formula is C44H65BrN2O9S. The van der Waals surface area contributed by atoms with Crippen LogP contribution >= 0.6 is 15.9 Å². The molecule has 0 amide bonds. The second-order valence-electron chi connectivity index (χ2n) is 19.5. The highest BCUT2D eigenvalue weighted by Gasteiger charge is 2.72. The van der Waals surface area contributed by atoms with Crippen molar-refractivity contribution in [3.8, 4) is 0 Å². The first-order valence-corrected chi connectivity index (χ1v) is 23.2. The minimum atomic E-state index is -3.67. The monoisotopic (exact) mass is 876 g/mol. The van der Waals surface area contributed by atoms with E-state index in [1.54, 1.807) is 12.1 Å². The fraction of sp³-hybridized carbons (Fsp3) is 0.750. The lowest BCUT2D eigenvalue weighted by Gasteiger charge is -2.71. The number of ether oxygens (including phenoxy) is 3. The molecule has 1 aliphatic heterocycles. The summed E-state index contributed by atoms with van der Waals surface area (Å²) in [5.74, 6) is -1.41. The van der Waals surface area contributed by atoms with E-state index < -0.39 is 68.3 Å². The molecule has 0 spiro atoms. The average molecular weight is 878 g/mol. The maximum Gasteiger partial charge on any atom is 0.323 e. The van der Waals surface area contributed by atoms with Gasteiger partial charge in [-0.2, -0.15) is 0 Å². The van der Waals surface area contributed by atoms with E-state index in [1.165, 1.54) is 24.6 Å². The molecule has 318 valence electrons. The predicted octanol–water partition coefficient (Wildman–Crippen LogP) is 7.66. The van der Waals surface area contributed by atoms with Gasteiger partial charge in [0.2, 0.25) is 10.0 Å². The van der Waals surface area contributed by atoms with Crippen LogP contribution in [0.2, 0.25) is 0 Å². The Morgan fingerprint density at radius 1 is 1.00 bits per heavy atom. The SMILES string of the molecule is CC(=O)O[C@@H]1C[C@]23COC[C@](C)([C@@H]2CC[C@H]2C3=CC[C@@]3(C)[C@H](C(=O)O)[C@@](C)([C@H](C)C(C)C)CC[C@]23C)[C@H]1OC(=O)C(N)CCCCNS(=O)(=O)c1ccc(Br)cc1. The lowest BCUT2D eigenvalue weighted by Crippen LogP contribution is -2.70. The van der Waals surface area contributed by atoms with Gasteiger partial charge in [-0.3, -0.25) is 14.4 Å². The summed E-state index contributed by atoms with van der Waals surface area (Å²) in [6, 6.07) is 5.44. The number of allylic oxidation sites excluding steroid dienone is 1. The van der Waals surface area contributed by atoms with Crippen molar-refractivity contribution < 1.29 is 42.1 Å². The van der Waals surface area contributed by atoms with Crippen LogP contribution in [0.15, 0.2) is 45.3 Å². The molecule has 5 aliphatic rings. The van der Waals surface area contributed by atoms with Crippen molar-refractivity contribution in [1.82, 2.24) is 4.72 Å². The van der Waals surface area contributed by atoms with Gasteiger partial charge in [-0.1, -0.05) is 82.5 Å². The fourth-order valence-electron chi connectivity index (χ4n) is 12.8. The van der Waals surface area contributed by atoms with Crippen molar-refractivity contribution >= 4 is 43.9 Å². The van der Waals surface area contributed by atoms with E-state index in [0.29, 0.717) is 51.2 Å². The number of halogens is 1. The Morgan fingerprint density at radius 3 is 2.32 bits per heavy atom. The number of fused-ring (bicyclic) bond motifs is 3. The van der Waals surface area contributed by atoms with Crippen LogP contribution in [0.25, 0.3) is 0 Å². The number of unbranched alkanes of at least 4 members (excludes halogenated alkanes) is 1. The molecular weight excluding hydrogens is 812 g/mol. The second kappa shape index (κ2) is 15.9. The van der Waals surface area contributed by atoms with E-state index in [1.807, 2.05) is 0 Å². The summed E-state index contributed by atoms with van der Waals surface area (Å²) >= 11 is 3.32. The molecule has 1 aromatic rings. The molecule has 57 heavy (non-hydrogen) atoms. The number of nitrogens with one attached hydrogen (secondary N) is 1. The lowest BCUT2D eigenvalue weighted by atomic mass is 9.34. The van der Waals surface area contributed by atoms with Crippen molar-refractivity contribution in [1.29, 1.82) is 0 Å². The third-order valence-corrected chi connectivity index (χ3v) is 18.3. The summed E-state index contributed by atoms with van der Waals surface area (Å²) < 4.78 is 47.7. The number of esters is 2. The normalized spacial score (nSPS) is 38.4. The first-order chi connectivity index (χ1) is 26.6. The minimum Gasteiger partial charge on any atom is -0.481 e. The van der Waals surface area contributed by atoms with Gasteiger partial charge in [-0.05, 0) is 116 Å². The minimum absolute atomic E-state index is 0.0823. The molecule has 1 heterocycles. The van der Waals surface area contributed by atoms with Crippen molar-refractivity contribution in [3.05, 3.63) is 40.4 Å². The number of carbonyl (C=O) groups excluding carboxylic acids is 2. The van der Waals surface area contributed by atoms with Crippen LogP contribution in [-0.4, -0.2) is 69.4 Å². The van der Waals surface area contributed by atoms with Gasteiger partial charge in [0.1, 0.15) is 18.2 Å². The first kappa shape index (κ1) is 44.2. The van der Waals surface area contributed by atoms with Gasteiger partial charge in [0.05, 0.1) is 24.0 Å². The van der Waals surface area contributed by atoms with E-state index in [9.17, 15) is 27.9 Å². The van der Waals surface area contributed by atoms with Gasteiger partial charge >= 0.3 is 17.9 Å². The smallest absolute Gasteiger partial charge is 0.323 e. The third-order valence-electron chi connectivity index (χ3n) is 16.3. The summed E-state index contributed by atoms with van der Waals surface area (Å²) in [6.07, 6.45) is 6.74. The zero-order valence-corrected chi connectivity index (χ0v) is 37.5. The highest BCUT2D eigenvalue weighted by molar-refractivity contribution is 9.10. The molecule has 1 aromatic carbocycles. The van der Waals surface area contributed by atoms with Gasteiger partial charge in [-0.25, -0.2) is 13.1 Å². The van der Waals surface area contributed by atoms with Crippen molar-refractivity contribution in [2.24, 2.45) is 62.4 Å². The molecule has 0 radical (unpaired) electrons. The molecule has 3 saturated carbocycles. The summed E-state index contributed by atoms with van der Waals surface area (Å²) in [7, 11) is -3.67. The molecule has 12 atom stereocenters. The number of carboxylic acids is 1. The topological polar surface area (TPSA) is 171 Å². The molecule has 0 aromatic heterocycles. The number of sulfonamides is 1. The molecule has 4 aliphatic carbocycles. The number of carbonyl (C=O) groups is 3. The van der Waals surface area contributed by atoms with Crippen LogP contribution in [0.1, 0.15) is 113 Å². The van der Waals surface area contributed by atoms with Gasteiger partial charge in [0, 0.05) is 28.8 Å². The lowest BCUT2D eigenvalue weighted by molar-refractivity contribution is -0.263. The van der Waals surface area contributed by atoms with Gasteiger partial charge in [0.15, 0.2) is 0 Å². The number of aliphatic carboxylic acids is 1. The van der Waals surface area contributed by atoms with Crippen LogP contribution < -0.4 is 10.5 Å². The number of hydrogen-bond donors (Lipinski definition) is 3. The van der Waals surface area contributed by atoms with Crippen molar-refractivity contribution in [3.63, 3.8) is 0 Å². The summed E-state index contributed by atoms with van der Waals surface area (Å²) in [5, 5.41) is 11.0. The Hall–Kier alpha value is -2.32. The maximum atomic E-state index is 13.7. The van der Waals surface area contributed by atoms with E-state index in [2.05, 4.69) is 75.2 Å². The summed E-state index contributed by atoms with van der Waals surface area (Å²) in [4.78, 5) is 40.1. The van der Waals surface area contributed by atoms with Crippen LogP contribution in [0.3, 0.4) is 0 Å². The average Bonchev–Trinajstić information content (AvgIpc) is 3.12. The van der Waals surface area contributed by atoms with Crippen molar-refractivity contribution in [2.75, 3.05) is 19.8 Å². The third kappa shape index (κ3) is 7.45. The Kier molecular flexibility index (Phi) is 12.4. The van der Waals surface area contributed by atoms with Crippen LogP contribution in [0.5, 0.6) is 0 Å². The number of benzene rings is 1. The maximum absolute atomic E-state index is 13.7. The van der Waals surface area contributed by atoms with Crippen LogP contribution in [-0.2, 0) is 38.6 Å². The Labute approximate surface area is 348 Å². The molecule has 6 rings (SSSR count). The zero-order valence-electron chi connectivity index (χ0n) is 35.1. The van der Waals surface area contributed by atoms with E-state index in [0.717, 1.165) is 30.2 Å². The fourth-order valence-corrected chi connectivity index (χ4v) is 14.2. The Morgan fingerprint density at radius 2 is 1.68 bits per heavy atom. The molecule has 11 nitrogen and oxygen atoms in total. The number of hydrogen-bond acceptors (Lipinski definition) is 9. The quantitative estimate of drug-likeness (QED) is 0.102. The molecule has 4 N–H and O–H groups in total. The predicted molar refractivity (Wildman–Crippen MR) is 220 cm³/mol. The zero-order chi connectivity index (χ0) is 41.9. The largest absolute Gasteiger partial charge is 0.481 e. The van der Waals surface area contributed by atoms with Crippen LogP contribution in [0, 0.1) is 56.7 Å². The number of carboxylic acid groups (broad SMARTS) is 1. The summed E-state index contributed by atoms with van der Waals surface area (Å²) in [5.41, 5.74) is 5.51. The van der Waals surface area contributed by atoms with E-state index in [4.69, 9.17) is 19.9 Å². The molecule has 2 bridgehead atoms. The van der Waals surface area contributed by atoms with E-state index >= 15 is 0 Å². The number of rotatable bonds is 13.